The Bertz CT molecular complexity index is 515. The predicted molar refractivity (Wildman–Crippen MR) is 92.6 cm³/mol. The Hall–Kier alpha value is -1.60. The molecule has 0 saturated carbocycles. The van der Waals surface area contributed by atoms with E-state index in [-0.39, 0.29) is 0 Å². The Morgan fingerprint density at radius 1 is 0.857 bits per heavy atom. The lowest BCUT2D eigenvalue weighted by Gasteiger charge is -2.21. The molecule has 0 amide bonds. The van der Waals surface area contributed by atoms with E-state index < -0.39 is 0 Å². The number of benzene rings is 2. The van der Waals surface area contributed by atoms with Crippen molar-refractivity contribution in [2.75, 3.05) is 13.1 Å². The smallest absolute Gasteiger partial charge is 0.00174 e. The first-order chi connectivity index (χ1) is 10.2. The van der Waals surface area contributed by atoms with E-state index in [2.05, 4.69) is 80.7 Å². The van der Waals surface area contributed by atoms with Crippen LogP contribution in [0.15, 0.2) is 54.6 Å². The number of nitrogens with one attached hydrogen (secondary N) is 1. The summed E-state index contributed by atoms with van der Waals surface area (Å²) in [5.74, 6) is 1.23. The van der Waals surface area contributed by atoms with Crippen LogP contribution in [0.1, 0.15) is 38.7 Å². The standard InChI is InChI=1S/C20H27N/c1-4-14-21-15-16(2)17(3)18-10-12-20(13-11-18)19-8-6-5-7-9-19/h5-13,16-17,21H,4,14-15H2,1-3H3. The second-order valence-corrected chi connectivity index (χ2v) is 5.96. The van der Waals surface area contributed by atoms with Crippen LogP contribution in [0.2, 0.25) is 0 Å². The van der Waals surface area contributed by atoms with Gasteiger partial charge in [0.2, 0.25) is 0 Å². The van der Waals surface area contributed by atoms with E-state index in [1.54, 1.807) is 0 Å². The van der Waals surface area contributed by atoms with Gasteiger partial charge in [-0.15, -0.1) is 0 Å². The van der Waals surface area contributed by atoms with Crippen LogP contribution in [0.5, 0.6) is 0 Å². The molecule has 0 aliphatic carbocycles. The fourth-order valence-corrected chi connectivity index (χ4v) is 2.62. The van der Waals surface area contributed by atoms with E-state index in [0.717, 1.165) is 13.1 Å². The van der Waals surface area contributed by atoms with Gasteiger partial charge < -0.3 is 5.32 Å². The van der Waals surface area contributed by atoms with Crippen molar-refractivity contribution in [3.8, 4) is 11.1 Å². The first kappa shape index (κ1) is 15.8. The van der Waals surface area contributed by atoms with Crippen LogP contribution in [0.25, 0.3) is 11.1 Å². The van der Waals surface area contributed by atoms with Crippen LogP contribution < -0.4 is 5.32 Å². The van der Waals surface area contributed by atoms with Gasteiger partial charge in [0.25, 0.3) is 0 Å². The molecular weight excluding hydrogens is 254 g/mol. The summed E-state index contributed by atoms with van der Waals surface area (Å²) >= 11 is 0. The fourth-order valence-electron chi connectivity index (χ4n) is 2.62. The quantitative estimate of drug-likeness (QED) is 0.697. The Morgan fingerprint density at radius 2 is 1.48 bits per heavy atom. The lowest BCUT2D eigenvalue weighted by Crippen LogP contribution is -2.24. The van der Waals surface area contributed by atoms with Crippen molar-refractivity contribution in [2.24, 2.45) is 5.92 Å². The van der Waals surface area contributed by atoms with Gasteiger partial charge in [0, 0.05) is 0 Å². The lowest BCUT2D eigenvalue weighted by atomic mass is 9.88. The van der Waals surface area contributed by atoms with Gasteiger partial charge in [-0.25, -0.2) is 0 Å². The highest BCUT2D eigenvalue weighted by Gasteiger charge is 2.13. The molecule has 21 heavy (non-hydrogen) atoms. The lowest BCUT2D eigenvalue weighted by molar-refractivity contribution is 0.448. The van der Waals surface area contributed by atoms with Crippen LogP contribution in [0.4, 0.5) is 0 Å². The molecular formula is C20H27N. The molecule has 0 aliphatic heterocycles. The molecule has 2 atom stereocenters. The van der Waals surface area contributed by atoms with Crippen molar-refractivity contribution in [1.82, 2.24) is 5.32 Å². The van der Waals surface area contributed by atoms with Gasteiger partial charge in [0.15, 0.2) is 0 Å². The highest BCUT2D eigenvalue weighted by atomic mass is 14.8. The molecule has 1 N–H and O–H groups in total. The normalized spacial score (nSPS) is 13.9. The molecule has 1 heteroatoms. The first-order valence-corrected chi connectivity index (χ1v) is 8.08. The zero-order valence-corrected chi connectivity index (χ0v) is 13.5. The first-order valence-electron chi connectivity index (χ1n) is 8.08. The summed E-state index contributed by atoms with van der Waals surface area (Å²) in [5, 5.41) is 3.52. The van der Waals surface area contributed by atoms with E-state index in [4.69, 9.17) is 0 Å². The molecule has 0 bridgehead atoms. The summed E-state index contributed by atoms with van der Waals surface area (Å²) in [6.07, 6.45) is 1.20. The zero-order valence-electron chi connectivity index (χ0n) is 13.5. The summed E-state index contributed by atoms with van der Waals surface area (Å²) in [7, 11) is 0. The Labute approximate surface area is 129 Å². The van der Waals surface area contributed by atoms with Gasteiger partial charge in [-0.3, -0.25) is 0 Å². The summed E-state index contributed by atoms with van der Waals surface area (Å²) in [5.41, 5.74) is 4.01. The molecule has 2 unspecified atom stereocenters. The monoisotopic (exact) mass is 281 g/mol. The largest absolute Gasteiger partial charge is 0.316 e. The van der Waals surface area contributed by atoms with Crippen LogP contribution >= 0.6 is 0 Å². The third-order valence-corrected chi connectivity index (χ3v) is 4.29. The molecule has 0 fully saturated rings. The van der Waals surface area contributed by atoms with Gasteiger partial charge in [0.1, 0.15) is 0 Å². The van der Waals surface area contributed by atoms with Crippen molar-refractivity contribution >= 4 is 0 Å². The van der Waals surface area contributed by atoms with Crippen LogP contribution in [0.3, 0.4) is 0 Å². The highest BCUT2D eigenvalue weighted by Crippen LogP contribution is 2.26. The van der Waals surface area contributed by atoms with Gasteiger partial charge in [-0.2, -0.15) is 0 Å². The maximum atomic E-state index is 3.52. The van der Waals surface area contributed by atoms with Crippen molar-refractivity contribution in [3.63, 3.8) is 0 Å². The second-order valence-electron chi connectivity index (χ2n) is 5.96. The van der Waals surface area contributed by atoms with Gasteiger partial charge in [-0.1, -0.05) is 75.4 Å². The number of hydrogen-bond acceptors (Lipinski definition) is 1. The topological polar surface area (TPSA) is 12.0 Å². The Kier molecular flexibility index (Phi) is 6.01. The molecule has 2 rings (SSSR count). The minimum Gasteiger partial charge on any atom is -0.316 e. The fraction of sp³-hybridized carbons (Fsp3) is 0.400. The molecule has 2 aromatic rings. The van der Waals surface area contributed by atoms with Gasteiger partial charge in [-0.05, 0) is 48.0 Å². The number of hydrogen-bond donors (Lipinski definition) is 1. The molecule has 2 aromatic carbocycles. The number of rotatable bonds is 7. The minimum atomic E-state index is 0.583. The van der Waals surface area contributed by atoms with Crippen molar-refractivity contribution in [1.29, 1.82) is 0 Å². The molecule has 0 aliphatic rings. The van der Waals surface area contributed by atoms with E-state index >= 15 is 0 Å². The van der Waals surface area contributed by atoms with Crippen molar-refractivity contribution in [2.45, 2.75) is 33.1 Å². The van der Waals surface area contributed by atoms with Crippen LogP contribution in [0, 0.1) is 5.92 Å². The zero-order chi connectivity index (χ0) is 15.1. The summed E-state index contributed by atoms with van der Waals surface area (Å²) < 4.78 is 0. The average Bonchev–Trinajstić information content (AvgIpc) is 2.55. The van der Waals surface area contributed by atoms with E-state index in [0.29, 0.717) is 11.8 Å². The summed E-state index contributed by atoms with van der Waals surface area (Å²) in [6.45, 7) is 9.08. The Morgan fingerprint density at radius 3 is 2.10 bits per heavy atom. The average molecular weight is 281 g/mol. The van der Waals surface area contributed by atoms with Crippen LogP contribution in [-0.4, -0.2) is 13.1 Å². The maximum absolute atomic E-state index is 3.52. The maximum Gasteiger partial charge on any atom is -0.00174 e. The summed E-state index contributed by atoms with van der Waals surface area (Å²) in [6, 6.07) is 19.6. The van der Waals surface area contributed by atoms with E-state index in [1.165, 1.54) is 23.1 Å². The second kappa shape index (κ2) is 7.99. The third-order valence-electron chi connectivity index (χ3n) is 4.29. The molecule has 0 heterocycles. The molecule has 112 valence electrons. The third kappa shape index (κ3) is 4.44. The van der Waals surface area contributed by atoms with E-state index in [9.17, 15) is 0 Å². The minimum absolute atomic E-state index is 0.583. The highest BCUT2D eigenvalue weighted by molar-refractivity contribution is 5.63. The SMILES string of the molecule is CCCNCC(C)C(C)c1ccc(-c2ccccc2)cc1. The molecule has 0 aromatic heterocycles. The molecule has 0 saturated heterocycles. The molecule has 1 nitrogen and oxygen atoms in total. The molecule has 0 radical (unpaired) electrons. The summed E-state index contributed by atoms with van der Waals surface area (Å²) in [4.78, 5) is 0. The molecule has 0 spiro atoms. The van der Waals surface area contributed by atoms with Gasteiger partial charge in [0.05, 0.1) is 0 Å². The van der Waals surface area contributed by atoms with Crippen LogP contribution in [-0.2, 0) is 0 Å². The van der Waals surface area contributed by atoms with E-state index in [1.807, 2.05) is 0 Å². The van der Waals surface area contributed by atoms with Gasteiger partial charge >= 0.3 is 0 Å². The van der Waals surface area contributed by atoms with Crippen molar-refractivity contribution < 1.29 is 0 Å². The predicted octanol–water partition coefficient (Wildman–Crippen LogP) is 5.09. The Balaban J connectivity index is 2.01. The van der Waals surface area contributed by atoms with Crippen molar-refractivity contribution in [3.05, 3.63) is 60.2 Å².